The Morgan fingerprint density at radius 2 is 0.915 bits per heavy atom. The lowest BCUT2D eigenvalue weighted by molar-refractivity contribution is -0.0269. The molecule has 0 amide bonds. The normalized spacial score (nSPS) is 14.4. The maximum atomic E-state index is 13.0. The summed E-state index contributed by atoms with van der Waals surface area (Å²) in [4.78, 5) is 52.5. The summed E-state index contributed by atoms with van der Waals surface area (Å²) in [5, 5.41) is 9.66. The van der Waals surface area contributed by atoms with Crippen molar-refractivity contribution in [1.29, 1.82) is 0 Å². The number of nitrogens with zero attached hydrogens (tertiary/aromatic N) is 3. The molecule has 1 fully saturated rings. The highest BCUT2D eigenvalue weighted by Crippen LogP contribution is 2.32. The number of nitrogens with one attached hydrogen (secondary N) is 3. The van der Waals surface area contributed by atoms with Crippen LogP contribution in [0.2, 0.25) is 0 Å². The largest absolute Gasteiger partial charge is 0.462 e. The van der Waals surface area contributed by atoms with Crippen LogP contribution in [0, 0.1) is 11.8 Å². The van der Waals surface area contributed by atoms with Crippen LogP contribution in [0.15, 0.2) is 72.8 Å². The molecule has 0 spiro atoms. The minimum absolute atomic E-state index is 0.233. The van der Waals surface area contributed by atoms with Crippen molar-refractivity contribution in [3.63, 3.8) is 0 Å². The highest BCUT2D eigenvalue weighted by molar-refractivity contribution is 5.91. The Bertz CT molecular complexity index is 1830. The van der Waals surface area contributed by atoms with E-state index in [0.29, 0.717) is 58.8 Å². The van der Waals surface area contributed by atoms with Crippen molar-refractivity contribution in [2.24, 2.45) is 11.8 Å². The number of benzene rings is 3. The Labute approximate surface area is 349 Å². The first-order valence-corrected chi connectivity index (χ1v) is 21.5. The summed E-state index contributed by atoms with van der Waals surface area (Å²) < 4.78 is 17.2. The molecular weight excluding hydrogens is 745 g/mol. The van der Waals surface area contributed by atoms with Crippen LogP contribution in [0.3, 0.4) is 0 Å². The second kappa shape index (κ2) is 22.6. The van der Waals surface area contributed by atoms with E-state index >= 15 is 0 Å². The molecule has 59 heavy (non-hydrogen) atoms. The monoisotopic (exact) mass is 806 g/mol. The lowest BCUT2D eigenvalue weighted by Crippen LogP contribution is -2.33. The van der Waals surface area contributed by atoms with Crippen molar-refractivity contribution in [3.8, 4) is 0 Å². The van der Waals surface area contributed by atoms with Gasteiger partial charge in [0.25, 0.3) is 0 Å². The minimum Gasteiger partial charge on any atom is -0.462 e. The van der Waals surface area contributed by atoms with Gasteiger partial charge in [0.2, 0.25) is 17.8 Å². The number of carbonyl (C=O) groups is 3. The predicted molar refractivity (Wildman–Crippen MR) is 233 cm³/mol. The first-order valence-electron chi connectivity index (χ1n) is 21.5. The van der Waals surface area contributed by atoms with E-state index in [-0.39, 0.29) is 35.8 Å². The van der Waals surface area contributed by atoms with Gasteiger partial charge in [-0.3, -0.25) is 0 Å². The van der Waals surface area contributed by atoms with Crippen molar-refractivity contribution in [1.82, 2.24) is 15.0 Å². The molecule has 3 N–H and O–H groups in total. The summed E-state index contributed by atoms with van der Waals surface area (Å²) in [5.74, 6) is 0.350. The van der Waals surface area contributed by atoms with Crippen LogP contribution < -0.4 is 16.0 Å². The maximum absolute atomic E-state index is 13.0. The number of esters is 3. The number of unbranched alkanes of at least 4 members (excludes halogenated alkanes) is 2. The third-order valence-corrected chi connectivity index (χ3v) is 11.0. The van der Waals surface area contributed by atoms with Crippen LogP contribution in [0.5, 0.6) is 0 Å². The summed E-state index contributed by atoms with van der Waals surface area (Å²) in [7, 11) is 0. The molecule has 5 rings (SSSR count). The van der Waals surface area contributed by atoms with Gasteiger partial charge < -0.3 is 30.2 Å². The molecule has 0 bridgehead atoms. The molecule has 0 radical (unpaired) electrons. The third-order valence-electron chi connectivity index (χ3n) is 11.0. The van der Waals surface area contributed by atoms with Crippen LogP contribution in [0.1, 0.15) is 149 Å². The van der Waals surface area contributed by atoms with Gasteiger partial charge in [-0.15, -0.1) is 0 Å². The lowest BCUT2D eigenvalue weighted by Gasteiger charge is -2.33. The highest BCUT2D eigenvalue weighted by atomic mass is 16.6. The Morgan fingerprint density at radius 1 is 0.559 bits per heavy atom. The van der Waals surface area contributed by atoms with Crippen LogP contribution in [-0.4, -0.2) is 51.7 Å². The highest BCUT2D eigenvalue weighted by Gasteiger charge is 2.31. The minimum atomic E-state index is -0.435. The molecule has 1 aromatic heterocycles. The molecule has 1 heterocycles. The predicted octanol–water partition coefficient (Wildman–Crippen LogP) is 11.7. The molecule has 12 nitrogen and oxygen atoms in total. The Morgan fingerprint density at radius 3 is 1.25 bits per heavy atom. The van der Waals surface area contributed by atoms with Gasteiger partial charge in [-0.25, -0.2) is 14.4 Å². The number of ether oxygens (including phenoxy) is 3. The third kappa shape index (κ3) is 14.1. The van der Waals surface area contributed by atoms with E-state index in [1.54, 1.807) is 72.8 Å². The van der Waals surface area contributed by atoms with E-state index in [9.17, 15) is 14.4 Å². The molecule has 316 valence electrons. The van der Waals surface area contributed by atoms with E-state index in [1.165, 1.54) is 6.42 Å². The second-order valence-corrected chi connectivity index (χ2v) is 15.8. The Balaban J connectivity index is 1.29. The summed E-state index contributed by atoms with van der Waals surface area (Å²) in [5.41, 5.74) is 2.89. The first-order chi connectivity index (χ1) is 28.6. The smallest absolute Gasteiger partial charge is 0.338 e. The van der Waals surface area contributed by atoms with Gasteiger partial charge in [0.05, 0.1) is 29.9 Å². The molecule has 1 saturated carbocycles. The maximum Gasteiger partial charge on any atom is 0.338 e. The van der Waals surface area contributed by atoms with Crippen molar-refractivity contribution in [3.05, 3.63) is 89.5 Å². The number of anilines is 6. The number of carbonyl (C=O) groups excluding carboxylic acids is 3. The van der Waals surface area contributed by atoms with Gasteiger partial charge in [0, 0.05) is 17.1 Å². The Kier molecular flexibility index (Phi) is 17.1. The van der Waals surface area contributed by atoms with Crippen molar-refractivity contribution in [2.75, 3.05) is 29.2 Å². The van der Waals surface area contributed by atoms with Crippen LogP contribution >= 0.6 is 0 Å². The van der Waals surface area contributed by atoms with Gasteiger partial charge in [-0.2, -0.15) is 15.0 Å². The lowest BCUT2D eigenvalue weighted by atomic mass is 9.86. The average Bonchev–Trinajstić information content (AvgIpc) is 3.24. The Hall–Kier alpha value is -5.52. The second-order valence-electron chi connectivity index (χ2n) is 15.8. The molecule has 12 heteroatoms. The van der Waals surface area contributed by atoms with Crippen molar-refractivity contribution < 1.29 is 28.6 Å². The van der Waals surface area contributed by atoms with Gasteiger partial charge in [0.15, 0.2) is 0 Å². The molecule has 2 unspecified atom stereocenters. The molecule has 3 aromatic carbocycles. The van der Waals surface area contributed by atoms with E-state index in [0.717, 1.165) is 77.0 Å². The van der Waals surface area contributed by atoms with Crippen molar-refractivity contribution >= 4 is 52.8 Å². The summed E-state index contributed by atoms with van der Waals surface area (Å²) in [6.45, 7) is 11.4. The number of hydrogen-bond donors (Lipinski definition) is 3. The zero-order valence-corrected chi connectivity index (χ0v) is 35.5. The topological polar surface area (TPSA) is 154 Å². The molecular formula is C47H62N6O6. The summed E-state index contributed by atoms with van der Waals surface area (Å²) in [6.07, 6.45) is 13.5. The van der Waals surface area contributed by atoms with E-state index < -0.39 is 5.60 Å². The molecule has 1 aliphatic rings. The fourth-order valence-corrected chi connectivity index (χ4v) is 7.03. The van der Waals surface area contributed by atoms with Crippen LogP contribution in [0.4, 0.5) is 34.9 Å². The zero-order valence-electron chi connectivity index (χ0n) is 35.5. The standard InChI is InChI=1S/C47H62N6O6/c1-6-10-15-33(8-3)31-57-41(54)35-17-23-38(24-18-35)48-44-51-45(49-39-25-19-36(20-26-39)42(55)58-32-34(9-4)16-11-7-2)53-46(52-44)50-40-27-21-37(22-28-40)43(56)59-47(5)29-13-12-14-30-47/h17-28,33-34H,6-16,29-32H2,1-5H3,(H3,48,49,50,51,52,53). The molecule has 1 aliphatic carbocycles. The molecule has 2 atom stereocenters. The fraction of sp³-hybridized carbons (Fsp3) is 0.489. The average molecular weight is 807 g/mol. The van der Waals surface area contributed by atoms with Gasteiger partial charge in [-0.1, -0.05) is 72.6 Å². The van der Waals surface area contributed by atoms with Gasteiger partial charge in [-0.05, 0) is 130 Å². The fourth-order valence-electron chi connectivity index (χ4n) is 7.03. The first kappa shape index (κ1) is 44.6. The zero-order chi connectivity index (χ0) is 42.0. The summed E-state index contributed by atoms with van der Waals surface area (Å²) in [6, 6.07) is 20.9. The van der Waals surface area contributed by atoms with Crippen LogP contribution in [-0.2, 0) is 14.2 Å². The molecule has 0 saturated heterocycles. The number of hydrogen-bond acceptors (Lipinski definition) is 12. The van der Waals surface area contributed by atoms with Gasteiger partial charge >= 0.3 is 17.9 Å². The molecule has 4 aromatic rings. The van der Waals surface area contributed by atoms with E-state index in [1.807, 2.05) is 6.92 Å². The molecule has 0 aliphatic heterocycles. The number of rotatable bonds is 22. The van der Waals surface area contributed by atoms with Crippen LogP contribution in [0.25, 0.3) is 0 Å². The summed E-state index contributed by atoms with van der Waals surface area (Å²) >= 11 is 0. The SMILES string of the molecule is CCCCC(CC)COC(=O)c1ccc(Nc2nc(Nc3ccc(C(=O)OCC(CC)CCCC)cc3)nc(Nc3ccc(C(=O)OC4(C)CCCCC4)cc3)n2)cc1. The quantitative estimate of drug-likeness (QED) is 0.0511. The van der Waals surface area contributed by atoms with E-state index in [2.05, 4.69) is 58.6 Å². The van der Waals surface area contributed by atoms with Crippen molar-refractivity contribution in [2.45, 2.75) is 124 Å². The van der Waals surface area contributed by atoms with Gasteiger partial charge in [0.1, 0.15) is 5.60 Å². The number of aromatic nitrogens is 3. The van der Waals surface area contributed by atoms with E-state index in [4.69, 9.17) is 14.2 Å².